The van der Waals surface area contributed by atoms with E-state index >= 15 is 0 Å². The summed E-state index contributed by atoms with van der Waals surface area (Å²) in [6.45, 7) is 8.97. The highest BCUT2D eigenvalue weighted by atomic mass is 15.3. The number of aromatic nitrogens is 3. The van der Waals surface area contributed by atoms with Crippen molar-refractivity contribution in [1.82, 2.24) is 24.3 Å². The van der Waals surface area contributed by atoms with Crippen LogP contribution >= 0.6 is 0 Å². The van der Waals surface area contributed by atoms with E-state index in [4.69, 9.17) is 0 Å². The number of aryl methyl sites for hydroxylation is 1. The second-order valence-corrected chi connectivity index (χ2v) is 7.61. The van der Waals surface area contributed by atoms with E-state index < -0.39 is 0 Å². The van der Waals surface area contributed by atoms with Crippen LogP contribution < -0.4 is 0 Å². The fraction of sp³-hybridized carbons (Fsp3) is 0.600. The fourth-order valence-corrected chi connectivity index (χ4v) is 4.46. The fourth-order valence-electron chi connectivity index (χ4n) is 4.46. The van der Waals surface area contributed by atoms with E-state index in [1.165, 1.54) is 43.9 Å². The monoisotopic (exact) mass is 339 g/mol. The number of hydrogen-bond donors (Lipinski definition) is 0. The van der Waals surface area contributed by atoms with Crippen molar-refractivity contribution in [2.75, 3.05) is 19.6 Å². The summed E-state index contributed by atoms with van der Waals surface area (Å²) in [4.78, 5) is 14.1. The molecule has 5 heteroatoms. The average molecular weight is 339 g/mol. The minimum absolute atomic E-state index is 0.660. The second-order valence-electron chi connectivity index (χ2n) is 7.61. The standard InChI is InChI=1S/C20H29N5/c1-2-10-24-11-9-22-20(24)16-25-14-18-3-4-19(25)15-23(13-18)12-17-5-7-21-8-6-17/h5-9,11,18-19H,2-4,10,12-16H2,1H3/t18-,19+/m0/s1. The van der Waals surface area contributed by atoms with Gasteiger partial charge in [-0.1, -0.05) is 6.92 Å². The molecular weight excluding hydrogens is 310 g/mol. The van der Waals surface area contributed by atoms with Crippen LogP contribution in [0.25, 0.3) is 0 Å². The highest BCUT2D eigenvalue weighted by molar-refractivity contribution is 5.10. The lowest BCUT2D eigenvalue weighted by atomic mass is 9.95. The predicted octanol–water partition coefficient (Wildman–Crippen LogP) is 2.78. The van der Waals surface area contributed by atoms with Gasteiger partial charge < -0.3 is 4.57 Å². The second kappa shape index (κ2) is 7.67. The van der Waals surface area contributed by atoms with Gasteiger partial charge in [-0.15, -0.1) is 0 Å². The zero-order chi connectivity index (χ0) is 17.1. The van der Waals surface area contributed by atoms with Crippen molar-refractivity contribution in [3.63, 3.8) is 0 Å². The molecule has 2 atom stereocenters. The first-order valence-electron chi connectivity index (χ1n) is 9.67. The van der Waals surface area contributed by atoms with Crippen molar-refractivity contribution in [2.45, 2.75) is 51.9 Å². The Morgan fingerprint density at radius 2 is 1.92 bits per heavy atom. The molecule has 0 radical (unpaired) electrons. The molecule has 0 aliphatic carbocycles. The number of hydrogen-bond acceptors (Lipinski definition) is 4. The number of rotatable bonds is 6. The SMILES string of the molecule is CCCn1ccnc1CN1C[C@H]2CC[C@@H]1CN(Cc1ccncc1)C2. The van der Waals surface area contributed by atoms with Crippen LogP contribution in [0, 0.1) is 5.92 Å². The van der Waals surface area contributed by atoms with Crippen molar-refractivity contribution in [3.8, 4) is 0 Å². The summed E-state index contributed by atoms with van der Waals surface area (Å²) in [5, 5.41) is 0. The van der Waals surface area contributed by atoms with Crippen LogP contribution in [0.2, 0.25) is 0 Å². The topological polar surface area (TPSA) is 37.2 Å². The van der Waals surface area contributed by atoms with Crippen LogP contribution in [0.3, 0.4) is 0 Å². The van der Waals surface area contributed by atoms with Crippen molar-refractivity contribution in [3.05, 3.63) is 48.3 Å². The zero-order valence-corrected chi connectivity index (χ0v) is 15.2. The van der Waals surface area contributed by atoms with Gasteiger partial charge in [-0.2, -0.15) is 0 Å². The molecule has 134 valence electrons. The first-order chi connectivity index (χ1) is 12.3. The van der Waals surface area contributed by atoms with Crippen LogP contribution in [-0.4, -0.2) is 50.0 Å². The van der Waals surface area contributed by atoms with Gasteiger partial charge in [-0.05, 0) is 42.9 Å². The predicted molar refractivity (Wildman–Crippen MR) is 99.0 cm³/mol. The number of imidazole rings is 1. The molecule has 0 N–H and O–H groups in total. The molecule has 0 unspecified atom stereocenters. The Morgan fingerprint density at radius 3 is 2.76 bits per heavy atom. The van der Waals surface area contributed by atoms with Gasteiger partial charge in [0, 0.05) is 63.6 Å². The Labute approximate surface area is 150 Å². The molecule has 3 aliphatic rings. The number of piperidine rings is 1. The summed E-state index contributed by atoms with van der Waals surface area (Å²) >= 11 is 0. The molecule has 5 heterocycles. The molecule has 3 aliphatic heterocycles. The van der Waals surface area contributed by atoms with Crippen LogP contribution in [0.4, 0.5) is 0 Å². The van der Waals surface area contributed by atoms with Gasteiger partial charge in [0.1, 0.15) is 5.82 Å². The third-order valence-electron chi connectivity index (χ3n) is 5.67. The summed E-state index contributed by atoms with van der Waals surface area (Å²) in [6.07, 6.45) is 11.8. The van der Waals surface area contributed by atoms with E-state index in [0.29, 0.717) is 6.04 Å². The molecule has 5 nitrogen and oxygen atoms in total. The number of pyridine rings is 1. The summed E-state index contributed by atoms with van der Waals surface area (Å²) in [7, 11) is 0. The highest BCUT2D eigenvalue weighted by Gasteiger charge is 2.35. The van der Waals surface area contributed by atoms with Crippen LogP contribution in [0.5, 0.6) is 0 Å². The van der Waals surface area contributed by atoms with Crippen LogP contribution in [0.15, 0.2) is 36.9 Å². The molecule has 2 aromatic rings. The van der Waals surface area contributed by atoms with Gasteiger partial charge in [0.15, 0.2) is 0 Å². The lowest BCUT2D eigenvalue weighted by Crippen LogP contribution is -2.43. The minimum Gasteiger partial charge on any atom is -0.334 e. The minimum atomic E-state index is 0.660. The van der Waals surface area contributed by atoms with Crippen molar-refractivity contribution in [2.24, 2.45) is 5.92 Å². The molecule has 25 heavy (non-hydrogen) atoms. The number of fused-ring (bicyclic) bond motifs is 4. The molecule has 0 saturated carbocycles. The van der Waals surface area contributed by atoms with Crippen molar-refractivity contribution >= 4 is 0 Å². The lowest BCUT2D eigenvalue weighted by molar-refractivity contribution is 0.118. The quantitative estimate of drug-likeness (QED) is 0.811. The molecule has 0 aromatic carbocycles. The Kier molecular flexibility index (Phi) is 5.13. The van der Waals surface area contributed by atoms with E-state index in [0.717, 1.165) is 32.0 Å². The van der Waals surface area contributed by atoms with E-state index in [-0.39, 0.29) is 0 Å². The molecule has 2 bridgehead atoms. The maximum atomic E-state index is 4.63. The van der Waals surface area contributed by atoms with Gasteiger partial charge in [0.2, 0.25) is 0 Å². The van der Waals surface area contributed by atoms with E-state index in [1.807, 2.05) is 18.6 Å². The van der Waals surface area contributed by atoms with E-state index in [9.17, 15) is 0 Å². The molecule has 0 spiro atoms. The Morgan fingerprint density at radius 1 is 1.04 bits per heavy atom. The van der Waals surface area contributed by atoms with Gasteiger partial charge in [0.05, 0.1) is 6.54 Å². The first-order valence-corrected chi connectivity index (χ1v) is 9.67. The molecule has 3 saturated heterocycles. The molecular formula is C20H29N5. The van der Waals surface area contributed by atoms with Gasteiger partial charge in [-0.3, -0.25) is 14.8 Å². The maximum Gasteiger partial charge on any atom is 0.122 e. The zero-order valence-electron chi connectivity index (χ0n) is 15.2. The third-order valence-corrected chi connectivity index (χ3v) is 5.67. The largest absolute Gasteiger partial charge is 0.334 e. The van der Waals surface area contributed by atoms with Gasteiger partial charge in [0.25, 0.3) is 0 Å². The summed E-state index contributed by atoms with van der Waals surface area (Å²) in [5.74, 6) is 2.02. The Bertz CT molecular complexity index is 668. The van der Waals surface area contributed by atoms with E-state index in [1.54, 1.807) is 0 Å². The highest BCUT2D eigenvalue weighted by Crippen LogP contribution is 2.29. The van der Waals surface area contributed by atoms with Crippen LogP contribution in [-0.2, 0) is 19.6 Å². The van der Waals surface area contributed by atoms with Gasteiger partial charge in [-0.25, -0.2) is 4.98 Å². The summed E-state index contributed by atoms with van der Waals surface area (Å²) in [6, 6.07) is 4.95. The lowest BCUT2D eigenvalue weighted by Gasteiger charge is -2.36. The first kappa shape index (κ1) is 16.7. The summed E-state index contributed by atoms with van der Waals surface area (Å²) in [5.41, 5.74) is 1.38. The molecule has 0 amide bonds. The molecule has 5 rings (SSSR count). The smallest absolute Gasteiger partial charge is 0.122 e. The van der Waals surface area contributed by atoms with Crippen molar-refractivity contribution < 1.29 is 0 Å². The Balaban J connectivity index is 1.43. The normalized spacial score (nSPS) is 24.5. The average Bonchev–Trinajstić information content (AvgIpc) is 2.87. The maximum absolute atomic E-state index is 4.63. The third kappa shape index (κ3) is 3.93. The van der Waals surface area contributed by atoms with Crippen LogP contribution in [0.1, 0.15) is 37.6 Å². The van der Waals surface area contributed by atoms with Crippen molar-refractivity contribution in [1.29, 1.82) is 0 Å². The number of nitrogens with zero attached hydrogens (tertiary/aromatic N) is 5. The Hall–Kier alpha value is -1.72. The summed E-state index contributed by atoms with van der Waals surface area (Å²) < 4.78 is 2.33. The van der Waals surface area contributed by atoms with Gasteiger partial charge >= 0.3 is 0 Å². The van der Waals surface area contributed by atoms with E-state index in [2.05, 4.69) is 49.6 Å². The molecule has 2 aromatic heterocycles. The molecule has 3 fully saturated rings.